The highest BCUT2D eigenvalue weighted by atomic mass is 32.2. The van der Waals surface area contributed by atoms with Crippen LogP contribution in [0.3, 0.4) is 0 Å². The number of phenols is 1. The quantitative estimate of drug-likeness (QED) is 0.226. The van der Waals surface area contributed by atoms with Crippen LogP contribution in [0.1, 0.15) is 96.2 Å². The van der Waals surface area contributed by atoms with Gasteiger partial charge in [0.25, 0.3) is 5.91 Å². The molecule has 2 saturated carbocycles. The van der Waals surface area contributed by atoms with Crippen LogP contribution in [0, 0.1) is 5.41 Å². The van der Waals surface area contributed by atoms with Crippen molar-refractivity contribution in [2.75, 3.05) is 34.3 Å². The molecule has 2 aliphatic carbocycles. The van der Waals surface area contributed by atoms with Gasteiger partial charge in [0.15, 0.2) is 0 Å². The molecular weight excluding hydrogens is 665 g/mol. The van der Waals surface area contributed by atoms with E-state index in [4.69, 9.17) is 4.74 Å². The van der Waals surface area contributed by atoms with Gasteiger partial charge in [-0.15, -0.1) is 0 Å². The molecule has 0 spiro atoms. The molecule has 1 aromatic heterocycles. The molecule has 10 nitrogen and oxygen atoms in total. The first kappa shape index (κ1) is 33.8. The Labute approximate surface area is 299 Å². The highest BCUT2D eigenvalue weighted by Crippen LogP contribution is 2.66. The van der Waals surface area contributed by atoms with Crippen molar-refractivity contribution < 1.29 is 27.9 Å². The molecule has 3 fully saturated rings. The molecule has 1 saturated heterocycles. The number of likely N-dealkylation sites (tertiary alicyclic amines) is 1. The summed E-state index contributed by atoms with van der Waals surface area (Å²) in [4.78, 5) is 30.3. The standard InChI is InChI=1S/C40H46N4O6S/c1-42(2)51(48,49)41-38(46)28-12-14-32-35(21-28)44-24-40(39(47)43-18-16-25(17-19-43)27-10-7-11-29(45)20-27)23-34(40)33-22-30(50-3)13-15-31(33)37(44)36(32)26-8-5-4-6-9-26/h7,10-15,20-22,25-26,34,45H,4-6,8-9,16-19,23-24H2,1-3H3,(H,41,46). The topological polar surface area (TPSA) is 121 Å². The summed E-state index contributed by atoms with van der Waals surface area (Å²) in [6.07, 6.45) is 8.04. The first-order chi connectivity index (χ1) is 24.5. The minimum absolute atomic E-state index is 0.0183. The number of nitrogens with one attached hydrogen (secondary N) is 1. The largest absolute Gasteiger partial charge is 0.508 e. The number of piperidine rings is 1. The van der Waals surface area contributed by atoms with Crippen molar-refractivity contribution in [2.45, 2.75) is 75.7 Å². The van der Waals surface area contributed by atoms with Crippen molar-refractivity contribution in [1.29, 1.82) is 0 Å². The molecule has 0 radical (unpaired) electrons. The Morgan fingerprint density at radius 2 is 1.71 bits per heavy atom. The number of carbonyl (C=O) groups is 2. The van der Waals surface area contributed by atoms with Gasteiger partial charge in [0.2, 0.25) is 5.91 Å². The number of hydrogen-bond acceptors (Lipinski definition) is 6. The molecular formula is C40H46N4O6S. The molecule has 51 heavy (non-hydrogen) atoms. The minimum Gasteiger partial charge on any atom is -0.508 e. The summed E-state index contributed by atoms with van der Waals surface area (Å²) in [6.45, 7) is 1.77. The number of hydrogen-bond donors (Lipinski definition) is 2. The fourth-order valence-corrected chi connectivity index (χ4v) is 9.73. The maximum Gasteiger partial charge on any atom is 0.303 e. The Morgan fingerprint density at radius 1 is 0.941 bits per heavy atom. The lowest BCUT2D eigenvalue weighted by atomic mass is 9.81. The van der Waals surface area contributed by atoms with Gasteiger partial charge in [0.05, 0.1) is 18.2 Å². The monoisotopic (exact) mass is 710 g/mol. The van der Waals surface area contributed by atoms with Crippen molar-refractivity contribution in [2.24, 2.45) is 5.41 Å². The molecule has 11 heteroatoms. The predicted molar refractivity (Wildman–Crippen MR) is 196 cm³/mol. The zero-order valence-electron chi connectivity index (χ0n) is 29.5. The first-order valence-electron chi connectivity index (χ1n) is 18.2. The summed E-state index contributed by atoms with van der Waals surface area (Å²) in [5, 5.41) is 11.1. The van der Waals surface area contributed by atoms with E-state index in [1.165, 1.54) is 26.1 Å². The average molecular weight is 711 g/mol. The Bertz CT molecular complexity index is 2150. The Hall–Kier alpha value is -4.35. The molecule has 268 valence electrons. The number of methoxy groups -OCH3 is 1. The summed E-state index contributed by atoms with van der Waals surface area (Å²) in [7, 11) is 0.449. The van der Waals surface area contributed by atoms with Gasteiger partial charge in [-0.25, -0.2) is 4.72 Å². The first-order valence-corrected chi connectivity index (χ1v) is 19.6. The summed E-state index contributed by atoms with van der Waals surface area (Å²) in [5.41, 5.74) is 6.16. The van der Waals surface area contributed by atoms with Gasteiger partial charge in [-0.2, -0.15) is 12.7 Å². The van der Waals surface area contributed by atoms with Gasteiger partial charge in [0, 0.05) is 61.7 Å². The SMILES string of the molecule is COc1ccc2c(c1)C1CC1(C(=O)N1CCC(c3cccc(O)c3)CC1)Cn1c-2c(C2CCCCC2)c2ccc(C(=O)NS(=O)(=O)N(C)C)cc21. The van der Waals surface area contributed by atoms with E-state index >= 15 is 0 Å². The molecule has 8 rings (SSSR count). The van der Waals surface area contributed by atoms with Gasteiger partial charge in [-0.3, -0.25) is 9.59 Å². The van der Waals surface area contributed by atoms with Gasteiger partial charge in [-0.05, 0) is 103 Å². The zero-order valence-corrected chi connectivity index (χ0v) is 30.3. The zero-order chi connectivity index (χ0) is 35.7. The summed E-state index contributed by atoms with van der Waals surface area (Å²) in [5.74, 6) is 1.13. The van der Waals surface area contributed by atoms with Crippen molar-refractivity contribution in [1.82, 2.24) is 18.5 Å². The maximum atomic E-state index is 14.9. The van der Waals surface area contributed by atoms with E-state index in [-0.39, 0.29) is 29.1 Å². The molecule has 2 amide bonds. The van der Waals surface area contributed by atoms with Crippen molar-refractivity contribution in [3.8, 4) is 22.8 Å². The number of ether oxygens (including phenoxy) is 1. The van der Waals surface area contributed by atoms with E-state index in [1.807, 2.05) is 35.2 Å². The van der Waals surface area contributed by atoms with Crippen LogP contribution < -0.4 is 9.46 Å². The summed E-state index contributed by atoms with van der Waals surface area (Å²) < 4.78 is 36.4. The van der Waals surface area contributed by atoms with Crippen molar-refractivity contribution >= 4 is 32.9 Å². The highest BCUT2D eigenvalue weighted by Gasteiger charge is 2.64. The molecule has 2 unspecified atom stereocenters. The third-order valence-electron chi connectivity index (χ3n) is 12.0. The second-order valence-electron chi connectivity index (χ2n) is 15.2. The van der Waals surface area contributed by atoms with Gasteiger partial charge in [-0.1, -0.05) is 37.5 Å². The van der Waals surface area contributed by atoms with E-state index in [2.05, 4.69) is 27.5 Å². The molecule has 3 heterocycles. The third-order valence-corrected chi connectivity index (χ3v) is 13.4. The van der Waals surface area contributed by atoms with E-state index in [9.17, 15) is 23.1 Å². The highest BCUT2D eigenvalue weighted by molar-refractivity contribution is 7.87. The number of benzene rings is 3. The van der Waals surface area contributed by atoms with Crippen LogP contribution in [0.2, 0.25) is 0 Å². The van der Waals surface area contributed by atoms with Gasteiger partial charge in [0.1, 0.15) is 11.5 Å². The lowest BCUT2D eigenvalue weighted by Crippen LogP contribution is -2.44. The number of aromatic nitrogens is 1. The molecule has 2 aliphatic heterocycles. The Kier molecular flexibility index (Phi) is 8.41. The van der Waals surface area contributed by atoms with Crippen LogP contribution in [0.25, 0.3) is 22.2 Å². The fourth-order valence-electron chi connectivity index (χ4n) is 9.20. The fraction of sp³-hybridized carbons (Fsp3) is 0.450. The van der Waals surface area contributed by atoms with Crippen LogP contribution in [0.15, 0.2) is 60.7 Å². The summed E-state index contributed by atoms with van der Waals surface area (Å²) >= 11 is 0. The second-order valence-corrected chi connectivity index (χ2v) is 17.0. The van der Waals surface area contributed by atoms with Crippen LogP contribution in [0.4, 0.5) is 0 Å². The average Bonchev–Trinajstić information content (AvgIpc) is 3.81. The molecule has 4 aromatic rings. The number of phenolic OH excluding ortho intramolecular Hbond substituents is 1. The van der Waals surface area contributed by atoms with E-state index < -0.39 is 21.5 Å². The predicted octanol–water partition coefficient (Wildman–Crippen LogP) is 6.50. The normalized spacial score (nSPS) is 22.2. The third kappa shape index (κ3) is 5.78. The molecule has 0 bridgehead atoms. The number of amides is 2. The number of aromatic hydroxyl groups is 1. The van der Waals surface area contributed by atoms with Crippen LogP contribution in [0.5, 0.6) is 11.5 Å². The minimum atomic E-state index is -3.99. The molecule has 4 aliphatic rings. The van der Waals surface area contributed by atoms with Crippen molar-refractivity contribution in [3.05, 3.63) is 82.9 Å². The van der Waals surface area contributed by atoms with E-state index in [0.29, 0.717) is 25.6 Å². The molecule has 2 N–H and O–H groups in total. The van der Waals surface area contributed by atoms with E-state index in [1.54, 1.807) is 19.2 Å². The Balaban J connectivity index is 1.23. The van der Waals surface area contributed by atoms with Crippen LogP contribution >= 0.6 is 0 Å². The number of carbonyl (C=O) groups excluding carboxylic acids is 2. The van der Waals surface area contributed by atoms with Crippen molar-refractivity contribution in [3.63, 3.8) is 0 Å². The Morgan fingerprint density at radius 3 is 2.41 bits per heavy atom. The maximum absolute atomic E-state index is 14.9. The van der Waals surface area contributed by atoms with Crippen LogP contribution in [-0.2, 0) is 21.5 Å². The lowest BCUT2D eigenvalue weighted by molar-refractivity contribution is -0.138. The van der Waals surface area contributed by atoms with E-state index in [0.717, 1.165) is 88.3 Å². The molecule has 2 atom stereocenters. The number of fused-ring (bicyclic) bond motifs is 7. The lowest BCUT2D eigenvalue weighted by Gasteiger charge is -2.35. The second kappa shape index (κ2) is 12.7. The summed E-state index contributed by atoms with van der Waals surface area (Å²) in [6, 6.07) is 19.2. The van der Waals surface area contributed by atoms with Gasteiger partial charge >= 0.3 is 10.2 Å². The number of rotatable bonds is 7. The van der Waals surface area contributed by atoms with Crippen LogP contribution in [-0.4, -0.2) is 73.4 Å². The number of nitrogens with zero attached hydrogens (tertiary/aromatic N) is 3. The van der Waals surface area contributed by atoms with Gasteiger partial charge < -0.3 is 19.3 Å². The molecule has 3 aromatic carbocycles. The smallest absolute Gasteiger partial charge is 0.303 e.